The van der Waals surface area contributed by atoms with Crippen molar-refractivity contribution in [3.8, 4) is 0 Å². The fourth-order valence-electron chi connectivity index (χ4n) is 4.13. The zero-order valence-corrected chi connectivity index (χ0v) is 17.5. The molecular weight excluding hydrogens is 390 g/mol. The fourth-order valence-corrected chi connectivity index (χ4v) is 4.98. The fraction of sp³-hybridized carbons (Fsp3) is 0.160. The number of ketones is 1. The van der Waals surface area contributed by atoms with Gasteiger partial charge in [-0.2, -0.15) is 0 Å². The Bertz CT molecular complexity index is 1300. The SMILES string of the molecule is C[C@@H](NC[C@H](c1cccs1)c1c[nH]c2ccccc12)C(=O)c1c[nH]c2ccccc12. The Morgan fingerprint density at radius 2 is 1.63 bits per heavy atom. The summed E-state index contributed by atoms with van der Waals surface area (Å²) in [7, 11) is 0. The second kappa shape index (κ2) is 7.94. The summed E-state index contributed by atoms with van der Waals surface area (Å²) < 4.78 is 0. The molecule has 3 heterocycles. The van der Waals surface area contributed by atoms with E-state index in [9.17, 15) is 4.79 Å². The van der Waals surface area contributed by atoms with Crippen molar-refractivity contribution in [2.45, 2.75) is 18.9 Å². The molecule has 30 heavy (non-hydrogen) atoms. The number of aromatic nitrogens is 2. The van der Waals surface area contributed by atoms with Gasteiger partial charge in [0, 0.05) is 57.1 Å². The molecule has 5 aromatic rings. The van der Waals surface area contributed by atoms with Crippen molar-refractivity contribution < 1.29 is 4.79 Å². The van der Waals surface area contributed by atoms with E-state index in [4.69, 9.17) is 0 Å². The van der Waals surface area contributed by atoms with Gasteiger partial charge in [-0.05, 0) is 36.1 Å². The number of hydrogen-bond acceptors (Lipinski definition) is 3. The number of Topliss-reactive ketones (excluding diaryl/α,β-unsaturated/α-hetero) is 1. The lowest BCUT2D eigenvalue weighted by atomic mass is 9.96. The molecule has 3 N–H and O–H groups in total. The highest BCUT2D eigenvalue weighted by Crippen LogP contribution is 2.33. The van der Waals surface area contributed by atoms with Crippen molar-refractivity contribution in [2.75, 3.05) is 6.54 Å². The van der Waals surface area contributed by atoms with Crippen molar-refractivity contribution in [1.29, 1.82) is 0 Å². The van der Waals surface area contributed by atoms with Gasteiger partial charge >= 0.3 is 0 Å². The minimum Gasteiger partial charge on any atom is -0.361 e. The Balaban J connectivity index is 1.40. The van der Waals surface area contributed by atoms with Gasteiger partial charge in [0.1, 0.15) is 0 Å². The number of fused-ring (bicyclic) bond motifs is 2. The first-order valence-electron chi connectivity index (χ1n) is 10.2. The topological polar surface area (TPSA) is 60.7 Å². The maximum absolute atomic E-state index is 13.1. The Hall–Kier alpha value is -3.15. The molecule has 0 aliphatic rings. The lowest BCUT2D eigenvalue weighted by Crippen LogP contribution is -2.36. The number of carbonyl (C=O) groups is 1. The maximum Gasteiger partial charge on any atom is 0.181 e. The molecule has 4 nitrogen and oxygen atoms in total. The summed E-state index contributed by atoms with van der Waals surface area (Å²) in [5.74, 6) is 0.288. The van der Waals surface area contributed by atoms with Crippen LogP contribution < -0.4 is 5.32 Å². The van der Waals surface area contributed by atoms with Gasteiger partial charge in [-0.15, -0.1) is 11.3 Å². The molecule has 0 aliphatic carbocycles. The number of para-hydroxylation sites is 2. The third kappa shape index (κ3) is 3.36. The minimum absolute atomic E-state index is 0.108. The van der Waals surface area contributed by atoms with Crippen molar-refractivity contribution >= 4 is 38.9 Å². The number of nitrogens with one attached hydrogen (secondary N) is 3. The molecule has 3 aromatic heterocycles. The first-order valence-corrected chi connectivity index (χ1v) is 11.0. The molecular formula is C25H23N3OS. The molecule has 0 radical (unpaired) electrons. The average Bonchev–Trinajstić information content (AvgIpc) is 3.53. The molecule has 0 spiro atoms. The van der Waals surface area contributed by atoms with E-state index in [1.807, 2.05) is 43.5 Å². The number of hydrogen-bond donors (Lipinski definition) is 3. The lowest BCUT2D eigenvalue weighted by molar-refractivity contribution is 0.0952. The van der Waals surface area contributed by atoms with Gasteiger partial charge in [0.2, 0.25) is 0 Å². The van der Waals surface area contributed by atoms with Crippen LogP contribution in [-0.4, -0.2) is 28.3 Å². The number of aromatic amines is 2. The quantitative estimate of drug-likeness (QED) is 0.300. The summed E-state index contributed by atoms with van der Waals surface area (Å²) in [4.78, 5) is 21.0. The summed E-state index contributed by atoms with van der Waals surface area (Å²) >= 11 is 1.75. The lowest BCUT2D eigenvalue weighted by Gasteiger charge is -2.19. The number of thiophene rings is 1. The van der Waals surface area contributed by atoms with Gasteiger partial charge in [-0.25, -0.2) is 0 Å². The summed E-state index contributed by atoms with van der Waals surface area (Å²) in [6.45, 7) is 2.64. The highest BCUT2D eigenvalue weighted by Gasteiger charge is 2.23. The van der Waals surface area contributed by atoms with E-state index in [0.717, 1.165) is 22.0 Å². The minimum atomic E-state index is -0.281. The standard InChI is InChI=1S/C25H23N3OS/c1-16(25(29)21-15-28-23-10-5-3-8-18(21)23)26-14-20(24-11-6-12-30-24)19-13-27-22-9-4-2-7-17(19)22/h2-13,15-16,20,26-28H,14H2,1H3/t16-,20+/m1/s1. The van der Waals surface area contributed by atoms with E-state index in [-0.39, 0.29) is 17.7 Å². The van der Waals surface area contributed by atoms with E-state index in [2.05, 4.69) is 57.2 Å². The van der Waals surface area contributed by atoms with Gasteiger partial charge in [0.05, 0.1) is 6.04 Å². The molecule has 150 valence electrons. The van der Waals surface area contributed by atoms with E-state index in [1.54, 1.807) is 11.3 Å². The number of rotatable bonds is 7. The van der Waals surface area contributed by atoms with Crippen LogP contribution >= 0.6 is 11.3 Å². The zero-order valence-electron chi connectivity index (χ0n) is 16.7. The van der Waals surface area contributed by atoms with Crippen LogP contribution in [0.5, 0.6) is 0 Å². The highest BCUT2D eigenvalue weighted by molar-refractivity contribution is 7.10. The van der Waals surface area contributed by atoms with Gasteiger partial charge in [0.25, 0.3) is 0 Å². The third-order valence-electron chi connectivity index (χ3n) is 5.76. The average molecular weight is 414 g/mol. The van der Waals surface area contributed by atoms with Gasteiger partial charge < -0.3 is 15.3 Å². The zero-order chi connectivity index (χ0) is 20.5. The maximum atomic E-state index is 13.1. The van der Waals surface area contributed by atoms with Crippen molar-refractivity contribution in [1.82, 2.24) is 15.3 Å². The molecule has 5 rings (SSSR count). The van der Waals surface area contributed by atoms with Crippen LogP contribution in [0.4, 0.5) is 0 Å². The molecule has 0 aliphatic heterocycles. The summed E-state index contributed by atoms with van der Waals surface area (Å²) in [5.41, 5.74) is 4.12. The monoisotopic (exact) mass is 413 g/mol. The molecule has 0 saturated heterocycles. The number of carbonyl (C=O) groups excluding carboxylic acids is 1. The Morgan fingerprint density at radius 1 is 0.933 bits per heavy atom. The molecule has 0 unspecified atom stereocenters. The summed E-state index contributed by atoms with van der Waals surface area (Å²) in [6.07, 6.45) is 3.92. The van der Waals surface area contributed by atoms with Gasteiger partial charge in [-0.3, -0.25) is 4.79 Å². The Morgan fingerprint density at radius 3 is 2.40 bits per heavy atom. The van der Waals surface area contributed by atoms with Crippen molar-refractivity contribution in [3.63, 3.8) is 0 Å². The molecule has 0 bridgehead atoms. The smallest absolute Gasteiger partial charge is 0.181 e. The highest BCUT2D eigenvalue weighted by atomic mass is 32.1. The number of benzene rings is 2. The van der Waals surface area contributed by atoms with Crippen LogP contribution in [0.3, 0.4) is 0 Å². The molecule has 0 amide bonds. The predicted octanol–water partition coefficient (Wildman–Crippen LogP) is 5.70. The van der Waals surface area contributed by atoms with Crippen molar-refractivity contribution in [3.05, 3.63) is 94.4 Å². The number of H-pyrrole nitrogens is 2. The van der Waals surface area contributed by atoms with Gasteiger partial charge in [0.15, 0.2) is 5.78 Å². The van der Waals surface area contributed by atoms with E-state index < -0.39 is 0 Å². The third-order valence-corrected chi connectivity index (χ3v) is 6.75. The van der Waals surface area contributed by atoms with Crippen molar-refractivity contribution in [2.24, 2.45) is 0 Å². The van der Waals surface area contributed by atoms with Crippen LogP contribution in [0, 0.1) is 0 Å². The second-order valence-corrected chi connectivity index (χ2v) is 8.58. The first-order chi connectivity index (χ1) is 14.7. The van der Waals surface area contributed by atoms with Gasteiger partial charge in [-0.1, -0.05) is 42.5 Å². The van der Waals surface area contributed by atoms with E-state index in [1.165, 1.54) is 15.8 Å². The van der Waals surface area contributed by atoms with Crippen LogP contribution in [0.1, 0.15) is 33.6 Å². The molecule has 0 saturated carbocycles. The molecule has 2 atom stereocenters. The second-order valence-electron chi connectivity index (χ2n) is 7.60. The van der Waals surface area contributed by atoms with Crippen LogP contribution in [0.2, 0.25) is 0 Å². The molecule has 5 heteroatoms. The van der Waals surface area contributed by atoms with E-state index >= 15 is 0 Å². The largest absolute Gasteiger partial charge is 0.361 e. The predicted molar refractivity (Wildman–Crippen MR) is 125 cm³/mol. The van der Waals surface area contributed by atoms with Crippen LogP contribution in [-0.2, 0) is 0 Å². The normalized spacial score (nSPS) is 13.6. The van der Waals surface area contributed by atoms with E-state index in [0.29, 0.717) is 6.54 Å². The first kappa shape index (κ1) is 18.9. The molecule has 2 aromatic carbocycles. The van der Waals surface area contributed by atoms with Crippen LogP contribution in [0.15, 0.2) is 78.4 Å². The van der Waals surface area contributed by atoms with Crippen LogP contribution in [0.25, 0.3) is 21.8 Å². The Labute approximate surface area is 179 Å². The summed E-state index contributed by atoms with van der Waals surface area (Å²) in [6, 6.07) is 20.3. The molecule has 0 fully saturated rings. The summed E-state index contributed by atoms with van der Waals surface area (Å²) in [5, 5.41) is 7.82. The Kier molecular flexibility index (Phi) is 4.99.